The van der Waals surface area contributed by atoms with Crippen molar-refractivity contribution in [3.05, 3.63) is 29.8 Å². The molecule has 2 N–H and O–H groups in total. The average molecular weight is 379 g/mol. The monoisotopic (exact) mass is 379 g/mol. The van der Waals surface area contributed by atoms with Crippen molar-refractivity contribution < 1.29 is 28.7 Å². The van der Waals surface area contributed by atoms with Crippen LogP contribution in [0.2, 0.25) is 0 Å². The molecule has 0 saturated carbocycles. The van der Waals surface area contributed by atoms with Crippen LogP contribution in [-0.2, 0) is 19.1 Å². The molecule has 0 bridgehead atoms. The summed E-state index contributed by atoms with van der Waals surface area (Å²) in [7, 11) is 2.89. The van der Waals surface area contributed by atoms with Crippen LogP contribution in [0.25, 0.3) is 0 Å². The summed E-state index contributed by atoms with van der Waals surface area (Å²) < 4.78 is 10.1. The zero-order valence-corrected chi connectivity index (χ0v) is 16.1. The molecule has 0 heterocycles. The van der Waals surface area contributed by atoms with E-state index in [4.69, 9.17) is 9.47 Å². The largest absolute Gasteiger partial charge is 0.452 e. The van der Waals surface area contributed by atoms with E-state index in [2.05, 4.69) is 10.6 Å². The number of hydrogen-bond acceptors (Lipinski definition) is 6. The molecule has 3 amide bonds. The molecule has 9 heteroatoms. The number of nitrogens with one attached hydrogen (secondary N) is 2. The van der Waals surface area contributed by atoms with Crippen LogP contribution in [0.3, 0.4) is 0 Å². The van der Waals surface area contributed by atoms with Gasteiger partial charge in [0.1, 0.15) is 5.60 Å². The Bertz CT molecular complexity index is 694. The van der Waals surface area contributed by atoms with E-state index in [-0.39, 0.29) is 18.0 Å². The fourth-order valence-electron chi connectivity index (χ4n) is 1.81. The van der Waals surface area contributed by atoms with Gasteiger partial charge in [0.2, 0.25) is 5.91 Å². The number of hydrogen-bond donors (Lipinski definition) is 2. The average Bonchev–Trinajstić information content (AvgIpc) is 2.57. The minimum atomic E-state index is -0.694. The summed E-state index contributed by atoms with van der Waals surface area (Å²) in [5.74, 6) is -1.53. The Hall–Kier alpha value is -3.10. The molecule has 0 aliphatic carbocycles. The number of esters is 1. The van der Waals surface area contributed by atoms with Crippen LogP contribution in [0.1, 0.15) is 31.1 Å². The predicted molar refractivity (Wildman–Crippen MR) is 98.3 cm³/mol. The van der Waals surface area contributed by atoms with Crippen molar-refractivity contribution in [1.29, 1.82) is 0 Å². The molecule has 148 valence electrons. The number of ether oxygens (including phenoxy) is 2. The molecule has 1 aromatic rings. The van der Waals surface area contributed by atoms with Gasteiger partial charge in [0.25, 0.3) is 5.91 Å². The van der Waals surface area contributed by atoms with Gasteiger partial charge in [0.05, 0.1) is 12.1 Å². The first-order valence-electron chi connectivity index (χ1n) is 8.23. The lowest BCUT2D eigenvalue weighted by atomic mass is 10.2. The van der Waals surface area contributed by atoms with E-state index in [1.165, 1.54) is 38.4 Å². The van der Waals surface area contributed by atoms with Gasteiger partial charge in [-0.3, -0.25) is 14.9 Å². The Balaban J connectivity index is 2.53. The maximum absolute atomic E-state index is 12.0. The molecule has 0 aromatic heterocycles. The van der Waals surface area contributed by atoms with Crippen LogP contribution in [0.15, 0.2) is 24.3 Å². The maximum Gasteiger partial charge on any atom is 0.412 e. The van der Waals surface area contributed by atoms with Crippen molar-refractivity contribution in [1.82, 2.24) is 10.2 Å². The number of nitrogens with zero attached hydrogens (tertiary/aromatic N) is 1. The van der Waals surface area contributed by atoms with Gasteiger partial charge in [-0.1, -0.05) is 0 Å². The second-order valence-electron chi connectivity index (χ2n) is 6.70. The summed E-state index contributed by atoms with van der Waals surface area (Å²) >= 11 is 0. The van der Waals surface area contributed by atoms with Crippen LogP contribution < -0.4 is 10.6 Å². The van der Waals surface area contributed by atoms with Gasteiger partial charge in [0, 0.05) is 19.8 Å². The Morgan fingerprint density at radius 3 is 2.19 bits per heavy atom. The second kappa shape index (κ2) is 9.56. The van der Waals surface area contributed by atoms with Crippen molar-refractivity contribution in [2.24, 2.45) is 0 Å². The summed E-state index contributed by atoms with van der Waals surface area (Å²) in [5, 5.41) is 4.93. The normalized spacial score (nSPS) is 10.6. The molecule has 0 radical (unpaired) electrons. The van der Waals surface area contributed by atoms with E-state index in [0.717, 1.165) is 4.90 Å². The van der Waals surface area contributed by atoms with Gasteiger partial charge in [-0.2, -0.15) is 0 Å². The number of carbonyl (C=O) groups is 4. The predicted octanol–water partition coefficient (Wildman–Crippen LogP) is 1.39. The molecule has 0 spiro atoms. The quantitative estimate of drug-likeness (QED) is 0.722. The van der Waals surface area contributed by atoms with Crippen LogP contribution in [0.4, 0.5) is 10.5 Å². The minimum Gasteiger partial charge on any atom is -0.452 e. The van der Waals surface area contributed by atoms with E-state index in [0.29, 0.717) is 5.69 Å². The number of amides is 3. The highest BCUT2D eigenvalue weighted by Crippen LogP contribution is 2.13. The van der Waals surface area contributed by atoms with Gasteiger partial charge in [-0.05, 0) is 45.0 Å². The van der Waals surface area contributed by atoms with Gasteiger partial charge < -0.3 is 19.7 Å². The van der Waals surface area contributed by atoms with E-state index in [1.54, 1.807) is 20.8 Å². The van der Waals surface area contributed by atoms with E-state index in [9.17, 15) is 19.2 Å². The molecule has 1 rings (SSSR count). The van der Waals surface area contributed by atoms with Crippen LogP contribution in [0.5, 0.6) is 0 Å². The number of carbonyl (C=O) groups excluding carboxylic acids is 4. The molecule has 0 atom stereocenters. The van der Waals surface area contributed by atoms with E-state index in [1.807, 2.05) is 0 Å². The van der Waals surface area contributed by atoms with Gasteiger partial charge in [0.15, 0.2) is 6.61 Å². The first kappa shape index (κ1) is 21.9. The third kappa shape index (κ3) is 8.21. The first-order chi connectivity index (χ1) is 12.5. The van der Waals surface area contributed by atoms with Gasteiger partial charge in [-0.25, -0.2) is 9.59 Å². The first-order valence-corrected chi connectivity index (χ1v) is 8.23. The molecule has 0 saturated heterocycles. The van der Waals surface area contributed by atoms with Crippen molar-refractivity contribution in [3.63, 3.8) is 0 Å². The Labute approximate surface area is 158 Å². The lowest BCUT2D eigenvalue weighted by Crippen LogP contribution is -2.39. The molecule has 0 aliphatic heterocycles. The van der Waals surface area contributed by atoms with Crippen molar-refractivity contribution in [3.8, 4) is 0 Å². The van der Waals surface area contributed by atoms with Gasteiger partial charge >= 0.3 is 12.1 Å². The highest BCUT2D eigenvalue weighted by molar-refractivity contribution is 5.93. The maximum atomic E-state index is 12.0. The summed E-state index contributed by atoms with van der Waals surface area (Å²) in [4.78, 5) is 47.9. The highest BCUT2D eigenvalue weighted by atomic mass is 16.6. The minimum absolute atomic E-state index is 0.127. The van der Waals surface area contributed by atoms with Crippen LogP contribution in [-0.4, -0.2) is 61.6 Å². The highest BCUT2D eigenvalue weighted by Gasteiger charge is 2.17. The molecule has 9 nitrogen and oxygen atoms in total. The third-order valence-electron chi connectivity index (χ3n) is 3.18. The Morgan fingerprint density at radius 1 is 1.07 bits per heavy atom. The zero-order chi connectivity index (χ0) is 20.6. The molecular formula is C18H25N3O6. The lowest BCUT2D eigenvalue weighted by Gasteiger charge is -2.19. The number of anilines is 1. The fraction of sp³-hybridized carbons (Fsp3) is 0.444. The third-order valence-corrected chi connectivity index (χ3v) is 3.18. The van der Waals surface area contributed by atoms with Crippen molar-refractivity contribution in [2.45, 2.75) is 26.4 Å². The Kier molecular flexibility index (Phi) is 7.77. The van der Waals surface area contributed by atoms with E-state index >= 15 is 0 Å². The lowest BCUT2D eigenvalue weighted by molar-refractivity contribution is -0.137. The summed E-state index contributed by atoms with van der Waals surface area (Å²) in [6.07, 6.45) is -0.609. The molecule has 0 fully saturated rings. The molecule has 27 heavy (non-hydrogen) atoms. The van der Waals surface area contributed by atoms with Crippen molar-refractivity contribution in [2.75, 3.05) is 32.6 Å². The number of likely N-dealkylation sites (N-methyl/N-ethyl adjacent to an activating group) is 2. The molecule has 0 unspecified atom stereocenters. The fourth-order valence-corrected chi connectivity index (χ4v) is 1.81. The number of rotatable bonds is 6. The molecular weight excluding hydrogens is 354 g/mol. The van der Waals surface area contributed by atoms with Crippen LogP contribution >= 0.6 is 0 Å². The SMILES string of the molecule is CNC(=O)CN(C)C(=O)COC(=O)c1ccc(NC(=O)OC(C)(C)C)cc1. The number of benzene rings is 1. The second-order valence-corrected chi connectivity index (χ2v) is 6.70. The standard InChI is InChI=1S/C18H25N3O6/c1-18(2,3)27-17(25)20-13-8-6-12(7-9-13)16(24)26-11-15(23)21(5)10-14(22)19-4/h6-9H,10-11H2,1-5H3,(H,19,22)(H,20,25). The Morgan fingerprint density at radius 2 is 1.67 bits per heavy atom. The van der Waals surface area contributed by atoms with Gasteiger partial charge in [-0.15, -0.1) is 0 Å². The zero-order valence-electron chi connectivity index (χ0n) is 16.1. The van der Waals surface area contributed by atoms with Crippen LogP contribution in [0, 0.1) is 0 Å². The topological polar surface area (TPSA) is 114 Å². The molecule has 0 aliphatic rings. The van der Waals surface area contributed by atoms with Crippen molar-refractivity contribution >= 4 is 29.6 Å². The summed E-state index contributed by atoms with van der Waals surface area (Å²) in [6.45, 7) is 4.64. The summed E-state index contributed by atoms with van der Waals surface area (Å²) in [6, 6.07) is 5.93. The smallest absolute Gasteiger partial charge is 0.412 e. The molecule has 1 aromatic carbocycles. The summed E-state index contributed by atoms with van der Waals surface area (Å²) in [5.41, 5.74) is 0.0411. The van der Waals surface area contributed by atoms with E-state index < -0.39 is 30.2 Å².